The van der Waals surface area contributed by atoms with E-state index in [4.69, 9.17) is 16.3 Å². The van der Waals surface area contributed by atoms with Gasteiger partial charge < -0.3 is 20.3 Å². The van der Waals surface area contributed by atoms with E-state index in [0.29, 0.717) is 25.7 Å². The Kier molecular flexibility index (Phi) is 6.19. The van der Waals surface area contributed by atoms with Gasteiger partial charge in [-0.15, -0.1) is 0 Å². The maximum atomic E-state index is 12.5. The zero-order valence-electron chi connectivity index (χ0n) is 14.1. The van der Waals surface area contributed by atoms with E-state index < -0.39 is 35.7 Å². The highest BCUT2D eigenvalue weighted by molar-refractivity contribution is 5.89. The number of carbonyl (C=O) groups is 3. The van der Waals surface area contributed by atoms with E-state index in [1.54, 1.807) is 6.92 Å². The molecule has 0 spiro atoms. The summed E-state index contributed by atoms with van der Waals surface area (Å²) in [5, 5.41) is 20.1. The largest absolute Gasteiger partial charge is 0.495 e. The molecular formula is C16H23NO6. The lowest BCUT2D eigenvalue weighted by molar-refractivity contribution is -0.148. The van der Waals surface area contributed by atoms with Gasteiger partial charge in [0.05, 0.1) is 12.7 Å². The predicted molar refractivity (Wildman–Crippen MR) is 82.6 cm³/mol. The van der Waals surface area contributed by atoms with Crippen LogP contribution < -0.4 is 5.32 Å². The summed E-state index contributed by atoms with van der Waals surface area (Å²) in [7, 11) is 0. The second-order valence-electron chi connectivity index (χ2n) is 5.83. The molecule has 7 heteroatoms. The van der Waals surface area contributed by atoms with Gasteiger partial charge in [-0.05, 0) is 31.8 Å². The summed E-state index contributed by atoms with van der Waals surface area (Å²) < 4.78 is 12.5. The zero-order chi connectivity index (χ0) is 18.3. The van der Waals surface area contributed by atoms with Gasteiger partial charge in [-0.1, -0.05) is 19.6 Å². The lowest BCUT2D eigenvalue weighted by Crippen LogP contribution is -2.48. The number of rotatable bonds is 7. The van der Waals surface area contributed by atoms with Crippen LogP contribution in [0.2, 0.25) is 0 Å². The van der Waals surface area contributed by atoms with Gasteiger partial charge in [0, 0.05) is 5.41 Å². The molecule has 0 heterocycles. The summed E-state index contributed by atoms with van der Waals surface area (Å²) in [4.78, 5) is 34.4. The van der Waals surface area contributed by atoms with Crippen LogP contribution in [0.25, 0.3) is 0 Å². The molecule has 23 heavy (non-hydrogen) atoms. The Morgan fingerprint density at radius 3 is 2.78 bits per heavy atom. The number of allylic oxidation sites excluding steroid dienone is 1. The molecule has 0 saturated carbocycles. The van der Waals surface area contributed by atoms with Crippen LogP contribution in [-0.4, -0.2) is 40.2 Å². The first kappa shape index (κ1) is 17.1. The van der Waals surface area contributed by atoms with Crippen LogP contribution in [0.1, 0.15) is 40.4 Å². The molecular weight excluding hydrogens is 302 g/mol. The summed E-state index contributed by atoms with van der Waals surface area (Å²) in [6.07, 6.45) is 4.44. The molecule has 0 radical (unpaired) electrons. The van der Waals surface area contributed by atoms with Gasteiger partial charge in [0.1, 0.15) is 13.5 Å². The average Bonchev–Trinajstić information content (AvgIpc) is 2.45. The van der Waals surface area contributed by atoms with Crippen molar-refractivity contribution >= 4 is 17.8 Å². The summed E-state index contributed by atoms with van der Waals surface area (Å²) in [6, 6.07) is -1.46. The van der Waals surface area contributed by atoms with Gasteiger partial charge >= 0.3 is 11.9 Å². The minimum Gasteiger partial charge on any atom is -0.495 e. The number of nitrogens with one attached hydrogen (secondary N) is 1. The Labute approximate surface area is 136 Å². The van der Waals surface area contributed by atoms with Crippen molar-refractivity contribution in [3.63, 3.8) is 0 Å². The number of hydrogen-bond acceptors (Lipinski definition) is 4. The number of ether oxygens (including phenoxy) is 1. The monoisotopic (exact) mass is 326 g/mol. The van der Waals surface area contributed by atoms with E-state index in [1.165, 1.54) is 0 Å². The lowest BCUT2D eigenvalue weighted by atomic mass is 9.77. The molecule has 1 rings (SSSR count). The fraction of sp³-hybridized carbons (Fsp3) is 0.562. The van der Waals surface area contributed by atoms with Crippen molar-refractivity contribution < 1.29 is 30.7 Å². The van der Waals surface area contributed by atoms with E-state index in [9.17, 15) is 14.4 Å². The number of amides is 1. The van der Waals surface area contributed by atoms with Gasteiger partial charge in [0.25, 0.3) is 0 Å². The summed E-state index contributed by atoms with van der Waals surface area (Å²) in [6.45, 7) is 5.09. The van der Waals surface area contributed by atoms with Crippen LogP contribution in [0, 0.1) is 5.41 Å². The SMILES string of the molecule is [2H]C(=C)O[C@@H]1/C=C/CC[C@](C)(C(=O)NC(CC(=O)O)C(=O)O)CC1. The molecule has 1 aliphatic carbocycles. The van der Waals surface area contributed by atoms with Crippen molar-refractivity contribution in [2.75, 3.05) is 0 Å². The maximum Gasteiger partial charge on any atom is 0.326 e. The third-order valence-electron chi connectivity index (χ3n) is 3.96. The number of aliphatic carboxylic acids is 2. The van der Waals surface area contributed by atoms with Crippen LogP contribution in [-0.2, 0) is 19.1 Å². The predicted octanol–water partition coefficient (Wildman–Crippen LogP) is 1.70. The third kappa shape index (κ3) is 5.77. The van der Waals surface area contributed by atoms with Crippen molar-refractivity contribution in [2.45, 2.75) is 51.2 Å². The molecule has 0 fully saturated rings. The average molecular weight is 326 g/mol. The first-order valence-corrected chi connectivity index (χ1v) is 7.38. The van der Waals surface area contributed by atoms with Crippen molar-refractivity contribution in [3.8, 4) is 0 Å². The van der Waals surface area contributed by atoms with Gasteiger partial charge in [-0.2, -0.15) is 0 Å². The highest BCUT2D eigenvalue weighted by Gasteiger charge is 2.36. The number of carboxylic acid groups (broad SMARTS) is 2. The minimum atomic E-state index is -1.46. The Morgan fingerprint density at radius 2 is 2.22 bits per heavy atom. The number of hydrogen-bond donors (Lipinski definition) is 3. The fourth-order valence-electron chi connectivity index (χ4n) is 2.47. The lowest BCUT2D eigenvalue weighted by Gasteiger charge is -2.31. The normalized spacial score (nSPS) is 27.5. The van der Waals surface area contributed by atoms with Crippen LogP contribution in [0.3, 0.4) is 0 Å². The molecule has 7 nitrogen and oxygen atoms in total. The van der Waals surface area contributed by atoms with E-state index in [0.717, 1.165) is 0 Å². The first-order valence-electron chi connectivity index (χ1n) is 7.88. The molecule has 0 aromatic rings. The molecule has 0 bridgehead atoms. The highest BCUT2D eigenvalue weighted by Crippen LogP contribution is 2.33. The second-order valence-corrected chi connectivity index (χ2v) is 5.83. The molecule has 3 atom stereocenters. The Hall–Kier alpha value is -2.31. The van der Waals surface area contributed by atoms with E-state index in [2.05, 4.69) is 11.9 Å². The molecule has 0 aliphatic heterocycles. The van der Waals surface area contributed by atoms with Crippen LogP contribution in [0.5, 0.6) is 0 Å². The molecule has 0 aromatic heterocycles. The van der Waals surface area contributed by atoms with Crippen LogP contribution in [0.4, 0.5) is 0 Å². The smallest absolute Gasteiger partial charge is 0.326 e. The number of carbonyl (C=O) groups excluding carboxylic acids is 1. The Morgan fingerprint density at radius 1 is 1.52 bits per heavy atom. The third-order valence-corrected chi connectivity index (χ3v) is 3.96. The summed E-state index contributed by atoms with van der Waals surface area (Å²) >= 11 is 0. The van der Waals surface area contributed by atoms with Crippen LogP contribution >= 0.6 is 0 Å². The maximum absolute atomic E-state index is 12.5. The Bertz CT molecular complexity index is 547. The zero-order valence-corrected chi connectivity index (χ0v) is 13.1. The van der Waals surface area contributed by atoms with E-state index in [-0.39, 0.29) is 12.3 Å². The molecule has 1 amide bonds. The second kappa shape index (κ2) is 8.36. The van der Waals surface area contributed by atoms with E-state index in [1.807, 2.05) is 12.2 Å². The standard InChI is InChI=1S/C16H23NO6/c1-3-23-11-6-4-5-8-16(2,9-7-11)15(22)17-12(14(20)21)10-13(18)19/h3-4,6,11-12H,1,5,7-10H2,2H3,(H,17,22)(H,18,19)(H,20,21)/b6-4+/t11-,12?,16+/m1/s1/i3D. The van der Waals surface area contributed by atoms with Gasteiger partial charge in [-0.3, -0.25) is 9.59 Å². The molecule has 0 saturated heterocycles. The molecule has 0 aromatic carbocycles. The van der Waals surface area contributed by atoms with Crippen LogP contribution in [0.15, 0.2) is 25.0 Å². The molecule has 128 valence electrons. The highest BCUT2D eigenvalue weighted by atomic mass is 16.5. The fourth-order valence-corrected chi connectivity index (χ4v) is 2.47. The van der Waals surface area contributed by atoms with Crippen molar-refractivity contribution in [3.05, 3.63) is 25.0 Å². The van der Waals surface area contributed by atoms with Gasteiger partial charge in [0.2, 0.25) is 5.91 Å². The van der Waals surface area contributed by atoms with Gasteiger partial charge in [0.15, 0.2) is 0 Å². The molecule has 1 unspecified atom stereocenters. The van der Waals surface area contributed by atoms with Gasteiger partial charge in [-0.25, -0.2) is 4.79 Å². The number of carboxylic acids is 2. The quantitative estimate of drug-likeness (QED) is 0.485. The van der Waals surface area contributed by atoms with E-state index >= 15 is 0 Å². The van der Waals surface area contributed by atoms with Crippen molar-refractivity contribution in [1.82, 2.24) is 5.32 Å². The topological polar surface area (TPSA) is 113 Å². The van der Waals surface area contributed by atoms with Crippen molar-refractivity contribution in [1.29, 1.82) is 0 Å². The molecule has 3 N–H and O–H groups in total. The summed E-state index contributed by atoms with van der Waals surface area (Å²) in [5.41, 5.74) is -0.845. The summed E-state index contributed by atoms with van der Waals surface area (Å²) in [5.74, 6) is -3.17. The van der Waals surface area contributed by atoms with Crippen molar-refractivity contribution in [2.24, 2.45) is 5.41 Å². The molecule has 1 aliphatic rings. The minimum absolute atomic E-state index is 0.163. The Balaban J connectivity index is 2.79. The first-order chi connectivity index (χ1) is 11.1.